The van der Waals surface area contributed by atoms with E-state index in [0.717, 1.165) is 24.2 Å². The molecule has 0 radical (unpaired) electrons. The summed E-state index contributed by atoms with van der Waals surface area (Å²) >= 11 is 0. The third-order valence-corrected chi connectivity index (χ3v) is 5.18. The van der Waals surface area contributed by atoms with E-state index in [1.165, 1.54) is 0 Å². The molecule has 0 bridgehead atoms. The van der Waals surface area contributed by atoms with Gasteiger partial charge < -0.3 is 5.32 Å². The van der Waals surface area contributed by atoms with Crippen LogP contribution in [0.1, 0.15) is 24.0 Å². The van der Waals surface area contributed by atoms with Crippen LogP contribution in [0.3, 0.4) is 0 Å². The number of aryl methyl sites for hydroxylation is 1. The van der Waals surface area contributed by atoms with Gasteiger partial charge in [0.05, 0.1) is 5.25 Å². The van der Waals surface area contributed by atoms with E-state index in [-0.39, 0.29) is 5.25 Å². The average Bonchev–Trinajstić information content (AvgIpc) is 2.38. The molecule has 18 heavy (non-hydrogen) atoms. The highest BCUT2D eigenvalue weighted by atomic mass is 32.2. The second-order valence-electron chi connectivity index (χ2n) is 4.80. The molecule has 1 aliphatic heterocycles. The van der Waals surface area contributed by atoms with E-state index >= 15 is 0 Å². The molecule has 0 aliphatic carbocycles. The summed E-state index contributed by atoms with van der Waals surface area (Å²) in [5.41, 5.74) is 2.15. The van der Waals surface area contributed by atoms with E-state index in [0.29, 0.717) is 19.4 Å². The van der Waals surface area contributed by atoms with Crippen LogP contribution < -0.4 is 10.0 Å². The van der Waals surface area contributed by atoms with Crippen molar-refractivity contribution in [3.63, 3.8) is 0 Å². The molecule has 1 aliphatic rings. The predicted molar refractivity (Wildman–Crippen MR) is 72.8 cm³/mol. The molecule has 0 spiro atoms. The molecule has 1 heterocycles. The Morgan fingerprint density at radius 3 is 2.72 bits per heavy atom. The maximum Gasteiger partial charge on any atom is 0.214 e. The van der Waals surface area contributed by atoms with Gasteiger partial charge in [-0.2, -0.15) is 0 Å². The van der Waals surface area contributed by atoms with Crippen molar-refractivity contribution >= 4 is 10.0 Å². The van der Waals surface area contributed by atoms with Crippen molar-refractivity contribution in [1.29, 1.82) is 0 Å². The van der Waals surface area contributed by atoms with Crippen molar-refractivity contribution in [3.05, 3.63) is 35.4 Å². The SMILES string of the molecule is Cc1cccc(CNS(=O)(=O)C2CCNCC2)c1. The lowest BCUT2D eigenvalue weighted by atomic mass is 10.1. The Morgan fingerprint density at radius 1 is 1.33 bits per heavy atom. The first kappa shape index (κ1) is 13.5. The van der Waals surface area contributed by atoms with E-state index in [1.807, 2.05) is 31.2 Å². The highest BCUT2D eigenvalue weighted by Crippen LogP contribution is 2.13. The Balaban J connectivity index is 1.96. The number of piperidine rings is 1. The van der Waals surface area contributed by atoms with E-state index < -0.39 is 10.0 Å². The molecule has 0 amide bonds. The minimum Gasteiger partial charge on any atom is -0.317 e. The van der Waals surface area contributed by atoms with Gasteiger partial charge >= 0.3 is 0 Å². The van der Waals surface area contributed by atoms with Gasteiger partial charge in [0, 0.05) is 6.54 Å². The largest absolute Gasteiger partial charge is 0.317 e. The summed E-state index contributed by atoms with van der Waals surface area (Å²) in [6.07, 6.45) is 1.40. The minimum absolute atomic E-state index is 0.247. The normalized spacial score (nSPS) is 17.8. The number of nitrogens with one attached hydrogen (secondary N) is 2. The van der Waals surface area contributed by atoms with Crippen LogP contribution in [0, 0.1) is 6.92 Å². The number of benzene rings is 1. The van der Waals surface area contributed by atoms with Crippen LogP contribution >= 0.6 is 0 Å². The average molecular weight is 268 g/mol. The maximum atomic E-state index is 12.1. The molecule has 100 valence electrons. The van der Waals surface area contributed by atoms with Crippen molar-refractivity contribution < 1.29 is 8.42 Å². The third kappa shape index (κ3) is 3.54. The van der Waals surface area contributed by atoms with Crippen LogP contribution in [0.25, 0.3) is 0 Å². The lowest BCUT2D eigenvalue weighted by molar-refractivity contribution is 0.489. The first-order valence-corrected chi connectivity index (χ1v) is 7.87. The Kier molecular flexibility index (Phi) is 4.37. The second kappa shape index (κ2) is 5.82. The predicted octanol–water partition coefficient (Wildman–Crippen LogP) is 1.17. The summed E-state index contributed by atoms with van der Waals surface area (Å²) < 4.78 is 26.9. The highest BCUT2D eigenvalue weighted by molar-refractivity contribution is 7.90. The van der Waals surface area contributed by atoms with Gasteiger partial charge in [-0.25, -0.2) is 13.1 Å². The Hall–Kier alpha value is -0.910. The topological polar surface area (TPSA) is 58.2 Å². The van der Waals surface area contributed by atoms with Crippen LogP contribution in [-0.2, 0) is 16.6 Å². The van der Waals surface area contributed by atoms with Crippen LogP contribution in [0.4, 0.5) is 0 Å². The molecule has 5 heteroatoms. The fraction of sp³-hybridized carbons (Fsp3) is 0.538. The Bertz CT molecular complexity index is 493. The molecule has 0 aromatic heterocycles. The summed E-state index contributed by atoms with van der Waals surface area (Å²) in [5, 5.41) is 2.93. The monoisotopic (exact) mass is 268 g/mol. The molecule has 4 nitrogen and oxygen atoms in total. The second-order valence-corrected chi connectivity index (χ2v) is 6.85. The van der Waals surface area contributed by atoms with Gasteiger partial charge in [0.15, 0.2) is 0 Å². The van der Waals surface area contributed by atoms with Crippen molar-refractivity contribution in [2.45, 2.75) is 31.6 Å². The first-order valence-electron chi connectivity index (χ1n) is 6.33. The number of sulfonamides is 1. The van der Waals surface area contributed by atoms with Gasteiger partial charge in [0.25, 0.3) is 0 Å². The summed E-state index contributed by atoms with van der Waals surface area (Å²) in [6.45, 7) is 3.96. The summed E-state index contributed by atoms with van der Waals surface area (Å²) in [7, 11) is -3.18. The van der Waals surface area contributed by atoms with Gasteiger partial charge in [-0.15, -0.1) is 0 Å². The van der Waals surface area contributed by atoms with E-state index in [2.05, 4.69) is 10.0 Å². The van der Waals surface area contributed by atoms with Gasteiger partial charge in [-0.3, -0.25) is 0 Å². The van der Waals surface area contributed by atoms with E-state index in [4.69, 9.17) is 0 Å². The maximum absolute atomic E-state index is 12.1. The molecule has 0 saturated carbocycles. The standard InChI is InChI=1S/C13H20N2O2S/c1-11-3-2-4-12(9-11)10-15-18(16,17)13-5-7-14-8-6-13/h2-4,9,13-15H,5-8,10H2,1H3. The van der Waals surface area contributed by atoms with Crippen molar-refractivity contribution in [2.24, 2.45) is 0 Å². The molecule has 1 fully saturated rings. The number of rotatable bonds is 4. The summed E-state index contributed by atoms with van der Waals surface area (Å²) in [6, 6.07) is 7.90. The highest BCUT2D eigenvalue weighted by Gasteiger charge is 2.26. The van der Waals surface area contributed by atoms with Gasteiger partial charge in [0.2, 0.25) is 10.0 Å². The number of hydrogen-bond donors (Lipinski definition) is 2. The van der Waals surface area contributed by atoms with E-state index in [9.17, 15) is 8.42 Å². The molecule has 1 aromatic carbocycles. The van der Waals surface area contributed by atoms with Gasteiger partial charge in [-0.1, -0.05) is 29.8 Å². The Labute approximate surface area is 109 Å². The summed E-state index contributed by atoms with van der Waals surface area (Å²) in [4.78, 5) is 0. The fourth-order valence-corrected chi connectivity index (χ4v) is 3.69. The third-order valence-electron chi connectivity index (χ3n) is 3.28. The van der Waals surface area contributed by atoms with Crippen LogP contribution in [0.5, 0.6) is 0 Å². The van der Waals surface area contributed by atoms with Crippen LogP contribution in [0.2, 0.25) is 0 Å². The van der Waals surface area contributed by atoms with Crippen LogP contribution in [-0.4, -0.2) is 26.8 Å². The zero-order valence-corrected chi connectivity index (χ0v) is 11.5. The first-order chi connectivity index (χ1) is 8.58. The van der Waals surface area contributed by atoms with Crippen molar-refractivity contribution in [3.8, 4) is 0 Å². The lowest BCUT2D eigenvalue weighted by Gasteiger charge is -2.22. The zero-order chi connectivity index (χ0) is 13.0. The Morgan fingerprint density at radius 2 is 2.06 bits per heavy atom. The molecule has 0 unspecified atom stereocenters. The zero-order valence-electron chi connectivity index (χ0n) is 10.6. The van der Waals surface area contributed by atoms with Gasteiger partial charge in [-0.05, 0) is 38.4 Å². The molecule has 2 rings (SSSR count). The summed E-state index contributed by atoms with van der Waals surface area (Å²) in [5.74, 6) is 0. The minimum atomic E-state index is -3.18. The molecular formula is C13H20N2O2S. The fourth-order valence-electron chi connectivity index (χ4n) is 2.23. The molecular weight excluding hydrogens is 248 g/mol. The van der Waals surface area contributed by atoms with Crippen molar-refractivity contribution in [2.75, 3.05) is 13.1 Å². The molecule has 1 saturated heterocycles. The van der Waals surface area contributed by atoms with Crippen LogP contribution in [0.15, 0.2) is 24.3 Å². The van der Waals surface area contributed by atoms with E-state index in [1.54, 1.807) is 0 Å². The van der Waals surface area contributed by atoms with Gasteiger partial charge in [0.1, 0.15) is 0 Å². The quantitative estimate of drug-likeness (QED) is 0.862. The lowest BCUT2D eigenvalue weighted by Crippen LogP contribution is -2.41. The smallest absolute Gasteiger partial charge is 0.214 e. The molecule has 1 aromatic rings. The number of hydrogen-bond acceptors (Lipinski definition) is 3. The molecule has 2 N–H and O–H groups in total. The molecule has 0 atom stereocenters. The van der Waals surface area contributed by atoms with Crippen molar-refractivity contribution in [1.82, 2.24) is 10.0 Å².